The Balaban J connectivity index is 1.78. The number of rotatable bonds is 7. The predicted molar refractivity (Wildman–Crippen MR) is 107 cm³/mol. The van der Waals surface area contributed by atoms with Gasteiger partial charge in [-0.05, 0) is 28.7 Å². The summed E-state index contributed by atoms with van der Waals surface area (Å²) in [5.74, 6) is -3.53. The van der Waals surface area contributed by atoms with Crippen molar-refractivity contribution in [1.29, 1.82) is 0 Å². The third-order valence-corrected chi connectivity index (χ3v) is 5.27. The van der Waals surface area contributed by atoms with Crippen molar-refractivity contribution in [1.82, 2.24) is 0 Å². The molecule has 3 rings (SSSR count). The highest BCUT2D eigenvalue weighted by Crippen LogP contribution is 2.44. The van der Waals surface area contributed by atoms with Crippen molar-refractivity contribution in [2.45, 2.75) is 30.1 Å². The second kappa shape index (κ2) is 8.23. The maximum absolute atomic E-state index is 12.5. The third-order valence-electron chi connectivity index (χ3n) is 4.90. The van der Waals surface area contributed by atoms with E-state index in [1.54, 1.807) is 0 Å². The molecule has 1 aliphatic carbocycles. The molecule has 2 aromatic carbocycles. The molecular formula is C21H22BrNO4. The molecular weight excluding hydrogens is 410 g/mol. The molecule has 0 aromatic heterocycles. The number of hydrogen-bond donors (Lipinski definition) is 2. The van der Waals surface area contributed by atoms with Gasteiger partial charge >= 0.3 is 11.9 Å². The average molecular weight is 432 g/mol. The molecule has 27 heavy (non-hydrogen) atoms. The number of alkyl halides is 1. The van der Waals surface area contributed by atoms with E-state index in [0.717, 1.165) is 22.3 Å². The van der Waals surface area contributed by atoms with Crippen LogP contribution in [0.4, 0.5) is 0 Å². The summed E-state index contributed by atoms with van der Waals surface area (Å²) in [4.78, 5) is 24.1. The SMILES string of the molecule is CC(Br)CC(N)[C@H](C(=O)O)C(=O)OCC1c2ccccc2-c2ccccc21. The number of carbonyl (C=O) groups is 2. The van der Waals surface area contributed by atoms with Gasteiger partial charge in [0, 0.05) is 16.8 Å². The van der Waals surface area contributed by atoms with Gasteiger partial charge in [-0.2, -0.15) is 0 Å². The van der Waals surface area contributed by atoms with Crippen LogP contribution in [0.1, 0.15) is 30.4 Å². The van der Waals surface area contributed by atoms with Crippen molar-refractivity contribution in [2.24, 2.45) is 11.7 Å². The molecule has 0 saturated carbocycles. The van der Waals surface area contributed by atoms with Crippen LogP contribution in [0, 0.1) is 5.92 Å². The van der Waals surface area contributed by atoms with Gasteiger partial charge in [0.25, 0.3) is 0 Å². The molecule has 0 spiro atoms. The minimum atomic E-state index is -1.38. The van der Waals surface area contributed by atoms with Crippen LogP contribution in [0.5, 0.6) is 0 Å². The molecule has 0 heterocycles. The van der Waals surface area contributed by atoms with Crippen LogP contribution in [-0.4, -0.2) is 34.5 Å². The number of aliphatic carboxylic acids is 1. The fourth-order valence-corrected chi connectivity index (χ4v) is 4.10. The lowest BCUT2D eigenvalue weighted by Gasteiger charge is -2.21. The monoisotopic (exact) mass is 431 g/mol. The Labute approximate surface area is 166 Å². The zero-order valence-corrected chi connectivity index (χ0v) is 16.6. The van der Waals surface area contributed by atoms with Gasteiger partial charge in [0.05, 0.1) is 0 Å². The van der Waals surface area contributed by atoms with Crippen molar-refractivity contribution >= 4 is 27.9 Å². The second-order valence-electron chi connectivity index (χ2n) is 6.85. The Morgan fingerprint density at radius 1 is 1.11 bits per heavy atom. The smallest absolute Gasteiger partial charge is 0.321 e. The Hall–Kier alpha value is -2.18. The number of ether oxygens (including phenoxy) is 1. The molecule has 0 amide bonds. The summed E-state index contributed by atoms with van der Waals surface area (Å²) in [6.45, 7) is 1.95. The topological polar surface area (TPSA) is 89.6 Å². The standard InChI is InChI=1S/C21H22BrNO4/c1-12(22)10-18(23)19(20(24)25)21(26)27-11-17-15-8-4-2-6-13(15)14-7-3-5-9-16(14)17/h2-9,12,17-19H,10-11,23H2,1H3,(H,24,25)/t12?,18?,19-/m1/s1. The average Bonchev–Trinajstić information content (AvgIpc) is 2.93. The first-order valence-corrected chi connectivity index (χ1v) is 9.79. The first-order valence-electron chi connectivity index (χ1n) is 8.87. The van der Waals surface area contributed by atoms with E-state index in [1.807, 2.05) is 55.5 Å². The Morgan fingerprint density at radius 3 is 2.11 bits per heavy atom. The fraction of sp³-hybridized carbons (Fsp3) is 0.333. The molecule has 0 bridgehead atoms. The van der Waals surface area contributed by atoms with Gasteiger partial charge in [0.2, 0.25) is 0 Å². The summed E-state index contributed by atoms with van der Waals surface area (Å²) in [5.41, 5.74) is 10.3. The number of halogens is 1. The molecule has 3 N–H and O–H groups in total. The van der Waals surface area contributed by atoms with Gasteiger partial charge in [-0.1, -0.05) is 71.4 Å². The van der Waals surface area contributed by atoms with E-state index in [2.05, 4.69) is 15.9 Å². The van der Waals surface area contributed by atoms with E-state index in [1.165, 1.54) is 0 Å². The van der Waals surface area contributed by atoms with Crippen molar-refractivity contribution in [3.8, 4) is 11.1 Å². The highest BCUT2D eigenvalue weighted by Gasteiger charge is 2.36. The van der Waals surface area contributed by atoms with Crippen LogP contribution in [0.25, 0.3) is 11.1 Å². The third kappa shape index (κ3) is 4.06. The van der Waals surface area contributed by atoms with Crippen LogP contribution >= 0.6 is 15.9 Å². The number of carboxylic acids is 1. The summed E-state index contributed by atoms with van der Waals surface area (Å²) in [5, 5.41) is 9.44. The molecule has 142 valence electrons. The normalized spacial score (nSPS) is 16.1. The Morgan fingerprint density at radius 2 is 1.63 bits per heavy atom. The van der Waals surface area contributed by atoms with E-state index in [4.69, 9.17) is 10.5 Å². The number of benzene rings is 2. The van der Waals surface area contributed by atoms with E-state index in [0.29, 0.717) is 6.42 Å². The zero-order chi connectivity index (χ0) is 19.6. The Bertz CT molecular complexity index is 806. The van der Waals surface area contributed by atoms with Crippen LogP contribution in [0.2, 0.25) is 0 Å². The molecule has 5 nitrogen and oxygen atoms in total. The van der Waals surface area contributed by atoms with Gasteiger partial charge in [-0.25, -0.2) is 0 Å². The van der Waals surface area contributed by atoms with Crippen LogP contribution in [-0.2, 0) is 14.3 Å². The number of carbonyl (C=O) groups excluding carboxylic acids is 1. The number of nitrogens with two attached hydrogens (primary N) is 1. The molecule has 0 aliphatic heterocycles. The summed E-state index contributed by atoms with van der Waals surface area (Å²) in [6.07, 6.45) is 0.362. The minimum absolute atomic E-state index is 0.00994. The van der Waals surface area contributed by atoms with E-state index < -0.39 is 23.9 Å². The summed E-state index contributed by atoms with van der Waals surface area (Å²) < 4.78 is 5.45. The first kappa shape index (κ1) is 19.6. The van der Waals surface area contributed by atoms with Gasteiger partial charge in [-0.15, -0.1) is 0 Å². The second-order valence-corrected chi connectivity index (χ2v) is 8.42. The van der Waals surface area contributed by atoms with Gasteiger partial charge in [0.1, 0.15) is 6.61 Å². The highest BCUT2D eigenvalue weighted by molar-refractivity contribution is 9.09. The van der Waals surface area contributed by atoms with E-state index >= 15 is 0 Å². The van der Waals surface area contributed by atoms with Crippen molar-refractivity contribution in [3.05, 3.63) is 59.7 Å². The maximum Gasteiger partial charge on any atom is 0.321 e. The Kier molecular flexibility index (Phi) is 5.97. The van der Waals surface area contributed by atoms with Crippen molar-refractivity contribution in [2.75, 3.05) is 6.61 Å². The lowest BCUT2D eigenvalue weighted by molar-refractivity contribution is -0.159. The number of fused-ring (bicyclic) bond motifs is 3. The van der Waals surface area contributed by atoms with Crippen LogP contribution in [0.15, 0.2) is 48.5 Å². The molecule has 6 heteroatoms. The van der Waals surface area contributed by atoms with Gasteiger partial charge in [-0.3, -0.25) is 9.59 Å². The number of hydrogen-bond acceptors (Lipinski definition) is 4. The van der Waals surface area contributed by atoms with E-state index in [9.17, 15) is 14.7 Å². The number of carboxylic acid groups (broad SMARTS) is 1. The summed E-state index contributed by atoms with van der Waals surface area (Å²) >= 11 is 3.35. The highest BCUT2D eigenvalue weighted by atomic mass is 79.9. The van der Waals surface area contributed by atoms with Gasteiger partial charge < -0.3 is 15.6 Å². The van der Waals surface area contributed by atoms with Crippen molar-refractivity contribution in [3.63, 3.8) is 0 Å². The maximum atomic E-state index is 12.5. The summed E-state index contributed by atoms with van der Waals surface area (Å²) in [7, 11) is 0. The minimum Gasteiger partial charge on any atom is -0.481 e. The molecule has 0 radical (unpaired) electrons. The van der Waals surface area contributed by atoms with Gasteiger partial charge in [0.15, 0.2) is 5.92 Å². The molecule has 0 fully saturated rings. The fourth-order valence-electron chi connectivity index (χ4n) is 3.66. The van der Waals surface area contributed by atoms with Crippen LogP contribution < -0.4 is 5.73 Å². The lowest BCUT2D eigenvalue weighted by atomic mass is 9.96. The van der Waals surface area contributed by atoms with Crippen molar-refractivity contribution < 1.29 is 19.4 Å². The largest absolute Gasteiger partial charge is 0.481 e. The number of esters is 1. The molecule has 2 aromatic rings. The predicted octanol–water partition coefficient (Wildman–Crippen LogP) is 3.54. The first-order chi connectivity index (χ1) is 12.9. The summed E-state index contributed by atoms with van der Waals surface area (Å²) in [6, 6.07) is 15.2. The molecule has 2 unspecified atom stereocenters. The van der Waals surface area contributed by atoms with E-state index in [-0.39, 0.29) is 17.4 Å². The quantitative estimate of drug-likeness (QED) is 0.397. The van der Waals surface area contributed by atoms with Crippen LogP contribution in [0.3, 0.4) is 0 Å². The molecule has 1 aliphatic rings. The molecule has 3 atom stereocenters. The zero-order valence-electron chi connectivity index (χ0n) is 15.0. The molecule has 0 saturated heterocycles. The lowest BCUT2D eigenvalue weighted by Crippen LogP contribution is -2.43.